The highest BCUT2D eigenvalue weighted by molar-refractivity contribution is 6.04. The van der Waals surface area contributed by atoms with Crippen LogP contribution in [0.2, 0.25) is 0 Å². The predicted molar refractivity (Wildman–Crippen MR) is 103 cm³/mol. The maximum absolute atomic E-state index is 12.2. The molecular formula is C21H21N3O3. The molecule has 1 amide bonds. The molecule has 0 aliphatic heterocycles. The first-order chi connectivity index (χ1) is 13.0. The lowest BCUT2D eigenvalue weighted by Crippen LogP contribution is -2.12. The van der Waals surface area contributed by atoms with Crippen molar-refractivity contribution in [2.45, 2.75) is 26.4 Å². The summed E-state index contributed by atoms with van der Waals surface area (Å²) < 4.78 is 5.36. The van der Waals surface area contributed by atoms with Crippen molar-refractivity contribution in [3.05, 3.63) is 83.2 Å². The van der Waals surface area contributed by atoms with E-state index >= 15 is 0 Å². The molecule has 1 aromatic heterocycles. The van der Waals surface area contributed by atoms with E-state index < -0.39 is 5.97 Å². The normalized spacial score (nSPS) is 10.6. The maximum atomic E-state index is 12.2. The summed E-state index contributed by atoms with van der Waals surface area (Å²) in [5.41, 5.74) is 3.28. The molecule has 138 valence electrons. The number of carbonyl (C=O) groups excluding carboxylic acids is 2. The Labute approximate surface area is 157 Å². The second kappa shape index (κ2) is 8.31. The zero-order valence-corrected chi connectivity index (χ0v) is 15.2. The minimum atomic E-state index is -0.418. The molecule has 0 unspecified atom stereocenters. The Kier molecular flexibility index (Phi) is 5.66. The molecule has 2 N–H and O–H groups in total. The van der Waals surface area contributed by atoms with Crippen LogP contribution in [0.4, 0.5) is 5.69 Å². The number of aromatic nitrogens is 2. The van der Waals surface area contributed by atoms with Gasteiger partial charge in [0.25, 0.3) is 5.91 Å². The highest BCUT2D eigenvalue weighted by atomic mass is 16.5. The summed E-state index contributed by atoms with van der Waals surface area (Å²) in [6, 6.07) is 16.2. The largest absolute Gasteiger partial charge is 0.457 e. The summed E-state index contributed by atoms with van der Waals surface area (Å²) >= 11 is 0. The molecule has 1 heterocycles. The average molecular weight is 363 g/mol. The summed E-state index contributed by atoms with van der Waals surface area (Å²) in [6.07, 6.45) is 1.48. The van der Waals surface area contributed by atoms with Gasteiger partial charge in [-0.15, -0.1) is 0 Å². The number of nitrogens with one attached hydrogen (secondary N) is 2. The van der Waals surface area contributed by atoms with Gasteiger partial charge in [-0.1, -0.05) is 44.2 Å². The van der Waals surface area contributed by atoms with Crippen molar-refractivity contribution in [3.8, 4) is 0 Å². The molecule has 27 heavy (non-hydrogen) atoms. The summed E-state index contributed by atoms with van der Waals surface area (Å²) in [7, 11) is 0. The Morgan fingerprint density at radius 2 is 1.78 bits per heavy atom. The van der Waals surface area contributed by atoms with Gasteiger partial charge in [-0.2, -0.15) is 5.10 Å². The van der Waals surface area contributed by atoms with Crippen LogP contribution in [0.25, 0.3) is 0 Å². The number of aromatic amines is 1. The van der Waals surface area contributed by atoms with Gasteiger partial charge in [0.1, 0.15) is 12.2 Å². The Hall–Kier alpha value is -3.41. The number of rotatable bonds is 6. The smallest absolute Gasteiger partial charge is 0.341 e. The summed E-state index contributed by atoms with van der Waals surface area (Å²) in [6.45, 7) is 4.08. The number of amides is 1. The number of H-pyrrole nitrogens is 1. The molecule has 0 saturated carbocycles. The number of nitrogens with zero attached hydrogens (tertiary/aromatic N) is 1. The lowest BCUT2D eigenvalue weighted by molar-refractivity contribution is 0.0471. The standard InChI is InChI=1S/C21H21N3O3/c1-14(2)19-18(12-22-24-19)21(26)27-13-15-8-10-16(11-9-15)20(25)23-17-6-4-3-5-7-17/h3-12,14H,13H2,1-2H3,(H,22,24)(H,23,25). The molecule has 0 spiro atoms. The van der Waals surface area contributed by atoms with E-state index in [2.05, 4.69) is 15.5 Å². The van der Waals surface area contributed by atoms with Crippen LogP contribution in [0.15, 0.2) is 60.8 Å². The molecule has 0 aliphatic carbocycles. The van der Waals surface area contributed by atoms with Crippen molar-refractivity contribution in [1.82, 2.24) is 10.2 Å². The Bertz CT molecular complexity index is 915. The SMILES string of the molecule is CC(C)c1[nH]ncc1C(=O)OCc1ccc(C(=O)Nc2ccccc2)cc1. The molecule has 0 radical (unpaired) electrons. The molecule has 3 rings (SSSR count). The first kappa shape index (κ1) is 18.4. The number of carbonyl (C=O) groups is 2. The van der Waals surface area contributed by atoms with E-state index in [0.29, 0.717) is 11.1 Å². The van der Waals surface area contributed by atoms with Crippen LogP contribution in [0.5, 0.6) is 0 Å². The quantitative estimate of drug-likeness (QED) is 0.645. The number of benzene rings is 2. The second-order valence-corrected chi connectivity index (χ2v) is 6.45. The Morgan fingerprint density at radius 3 is 2.44 bits per heavy atom. The highest BCUT2D eigenvalue weighted by Gasteiger charge is 2.17. The number of hydrogen-bond acceptors (Lipinski definition) is 4. The number of para-hydroxylation sites is 1. The van der Waals surface area contributed by atoms with Gasteiger partial charge in [-0.3, -0.25) is 9.89 Å². The van der Waals surface area contributed by atoms with Gasteiger partial charge in [0.15, 0.2) is 0 Å². The maximum Gasteiger partial charge on any atom is 0.341 e. The van der Waals surface area contributed by atoms with Gasteiger partial charge in [0.2, 0.25) is 0 Å². The van der Waals surface area contributed by atoms with Gasteiger partial charge in [0.05, 0.1) is 11.9 Å². The van der Waals surface area contributed by atoms with Crippen LogP contribution in [0.3, 0.4) is 0 Å². The minimum absolute atomic E-state index is 0.127. The minimum Gasteiger partial charge on any atom is -0.457 e. The van der Waals surface area contributed by atoms with E-state index in [0.717, 1.165) is 16.9 Å². The van der Waals surface area contributed by atoms with Gasteiger partial charge in [0, 0.05) is 11.3 Å². The van der Waals surface area contributed by atoms with Crippen LogP contribution < -0.4 is 5.32 Å². The fraction of sp³-hybridized carbons (Fsp3) is 0.190. The van der Waals surface area contributed by atoms with Crippen LogP contribution in [0.1, 0.15) is 51.7 Å². The van der Waals surface area contributed by atoms with Gasteiger partial charge >= 0.3 is 5.97 Å². The summed E-state index contributed by atoms with van der Waals surface area (Å²) in [5, 5.41) is 9.57. The van der Waals surface area contributed by atoms with Crippen molar-refractivity contribution in [2.24, 2.45) is 0 Å². The van der Waals surface area contributed by atoms with E-state index in [9.17, 15) is 9.59 Å². The molecular weight excluding hydrogens is 342 g/mol. The highest BCUT2D eigenvalue weighted by Crippen LogP contribution is 2.18. The molecule has 2 aromatic carbocycles. The third-order valence-electron chi connectivity index (χ3n) is 4.08. The van der Waals surface area contributed by atoms with E-state index in [4.69, 9.17) is 4.74 Å². The number of hydrogen-bond donors (Lipinski definition) is 2. The van der Waals surface area contributed by atoms with Crippen LogP contribution >= 0.6 is 0 Å². The average Bonchev–Trinajstić information content (AvgIpc) is 3.17. The van der Waals surface area contributed by atoms with Gasteiger partial charge in [-0.05, 0) is 35.7 Å². The van der Waals surface area contributed by atoms with Crippen LogP contribution in [0, 0.1) is 0 Å². The van der Waals surface area contributed by atoms with E-state index in [-0.39, 0.29) is 18.4 Å². The van der Waals surface area contributed by atoms with Crippen molar-refractivity contribution >= 4 is 17.6 Å². The lowest BCUT2D eigenvalue weighted by Gasteiger charge is -2.08. The summed E-state index contributed by atoms with van der Waals surface area (Å²) in [5.74, 6) is -0.458. The molecule has 0 aliphatic rings. The van der Waals surface area contributed by atoms with Gasteiger partial charge < -0.3 is 10.1 Å². The van der Waals surface area contributed by atoms with Crippen molar-refractivity contribution in [2.75, 3.05) is 5.32 Å². The molecule has 6 heteroatoms. The molecule has 0 bridgehead atoms. The molecule has 3 aromatic rings. The molecule has 0 atom stereocenters. The third kappa shape index (κ3) is 4.61. The monoisotopic (exact) mass is 363 g/mol. The zero-order chi connectivity index (χ0) is 19.2. The number of ether oxygens (including phenoxy) is 1. The van der Waals surface area contributed by atoms with E-state index in [1.54, 1.807) is 24.3 Å². The Balaban J connectivity index is 1.58. The lowest BCUT2D eigenvalue weighted by atomic mass is 10.1. The fourth-order valence-corrected chi connectivity index (χ4v) is 2.60. The van der Waals surface area contributed by atoms with E-state index in [1.807, 2.05) is 44.2 Å². The zero-order valence-electron chi connectivity index (χ0n) is 15.2. The van der Waals surface area contributed by atoms with Crippen LogP contribution in [-0.4, -0.2) is 22.1 Å². The molecule has 0 fully saturated rings. The third-order valence-corrected chi connectivity index (χ3v) is 4.08. The number of anilines is 1. The van der Waals surface area contributed by atoms with E-state index in [1.165, 1.54) is 6.20 Å². The second-order valence-electron chi connectivity index (χ2n) is 6.45. The number of esters is 1. The molecule has 0 saturated heterocycles. The van der Waals surface area contributed by atoms with Crippen molar-refractivity contribution in [3.63, 3.8) is 0 Å². The van der Waals surface area contributed by atoms with Gasteiger partial charge in [-0.25, -0.2) is 4.79 Å². The van der Waals surface area contributed by atoms with Crippen molar-refractivity contribution < 1.29 is 14.3 Å². The Morgan fingerprint density at radius 1 is 1.07 bits per heavy atom. The first-order valence-electron chi connectivity index (χ1n) is 8.70. The van der Waals surface area contributed by atoms with Crippen LogP contribution in [-0.2, 0) is 11.3 Å². The topological polar surface area (TPSA) is 84.1 Å². The van der Waals surface area contributed by atoms with Crippen molar-refractivity contribution in [1.29, 1.82) is 0 Å². The fourth-order valence-electron chi connectivity index (χ4n) is 2.60. The molecule has 6 nitrogen and oxygen atoms in total. The summed E-state index contributed by atoms with van der Waals surface area (Å²) in [4.78, 5) is 24.5. The predicted octanol–water partition coefficient (Wildman–Crippen LogP) is 4.14. The first-order valence-corrected chi connectivity index (χ1v) is 8.70.